The second-order valence-electron chi connectivity index (χ2n) is 6.27. The molecule has 2 heterocycles. The molecular weight excluding hydrogens is 431 g/mol. The quantitative estimate of drug-likeness (QED) is 0.263. The Labute approximate surface area is 168 Å². The lowest BCUT2D eigenvalue weighted by molar-refractivity contribution is 0.0220. The number of guanidine groups is 1. The highest BCUT2D eigenvalue weighted by atomic mass is 127. The number of hydrogen-bond donors (Lipinski definition) is 2. The van der Waals surface area contributed by atoms with Crippen LogP contribution in [0.15, 0.2) is 17.4 Å². The highest BCUT2D eigenvalue weighted by molar-refractivity contribution is 14.0. The van der Waals surface area contributed by atoms with E-state index in [1.165, 1.54) is 5.56 Å². The van der Waals surface area contributed by atoms with Crippen molar-refractivity contribution in [3.63, 3.8) is 0 Å². The number of nitrogens with one attached hydrogen (secondary N) is 2. The maximum Gasteiger partial charge on any atom is 0.191 e. The van der Waals surface area contributed by atoms with E-state index in [4.69, 9.17) is 9.73 Å². The molecule has 1 atom stereocenters. The SMILES string of the molecule is CCNC(=NCC(C)N1CCOCC1)NCCCc1cnn(C)c1.I. The van der Waals surface area contributed by atoms with E-state index in [1.807, 2.05) is 17.9 Å². The molecule has 0 radical (unpaired) electrons. The second kappa shape index (κ2) is 12.5. The fourth-order valence-electron chi connectivity index (χ4n) is 2.80. The number of morpholine rings is 1. The van der Waals surface area contributed by atoms with Gasteiger partial charge in [0.05, 0.1) is 26.0 Å². The van der Waals surface area contributed by atoms with E-state index >= 15 is 0 Å². The maximum absolute atomic E-state index is 5.41. The average Bonchev–Trinajstić information content (AvgIpc) is 3.02. The summed E-state index contributed by atoms with van der Waals surface area (Å²) < 4.78 is 7.26. The molecule has 1 aromatic rings. The van der Waals surface area contributed by atoms with E-state index < -0.39 is 0 Å². The van der Waals surface area contributed by atoms with E-state index in [2.05, 4.69) is 40.7 Å². The van der Waals surface area contributed by atoms with Crippen molar-refractivity contribution in [2.24, 2.45) is 12.0 Å². The molecule has 0 spiro atoms. The molecule has 8 heteroatoms. The summed E-state index contributed by atoms with van der Waals surface area (Å²) in [7, 11) is 1.95. The summed E-state index contributed by atoms with van der Waals surface area (Å²) in [6.45, 7) is 10.6. The van der Waals surface area contributed by atoms with Crippen LogP contribution in [0, 0.1) is 0 Å². The van der Waals surface area contributed by atoms with Gasteiger partial charge in [0.1, 0.15) is 0 Å². The number of halogens is 1. The molecule has 144 valence electrons. The van der Waals surface area contributed by atoms with Crippen LogP contribution in [0.1, 0.15) is 25.8 Å². The molecule has 1 fully saturated rings. The third-order valence-electron chi connectivity index (χ3n) is 4.22. The fourth-order valence-corrected chi connectivity index (χ4v) is 2.80. The Bertz CT molecular complexity index is 501. The van der Waals surface area contributed by atoms with Crippen molar-refractivity contribution < 1.29 is 4.74 Å². The smallest absolute Gasteiger partial charge is 0.191 e. The van der Waals surface area contributed by atoms with Crippen LogP contribution in [0.4, 0.5) is 0 Å². The monoisotopic (exact) mass is 464 g/mol. The summed E-state index contributed by atoms with van der Waals surface area (Å²) in [5.74, 6) is 0.906. The first-order valence-electron chi connectivity index (χ1n) is 9.00. The van der Waals surface area contributed by atoms with Crippen LogP contribution in [-0.4, -0.2) is 72.6 Å². The van der Waals surface area contributed by atoms with Gasteiger partial charge in [-0.15, -0.1) is 24.0 Å². The number of rotatable bonds is 8. The van der Waals surface area contributed by atoms with Crippen LogP contribution < -0.4 is 10.6 Å². The lowest BCUT2D eigenvalue weighted by Crippen LogP contribution is -2.44. The zero-order chi connectivity index (χ0) is 17.2. The molecule has 0 amide bonds. The van der Waals surface area contributed by atoms with Crippen LogP contribution in [-0.2, 0) is 18.2 Å². The van der Waals surface area contributed by atoms with Gasteiger partial charge in [-0.2, -0.15) is 5.10 Å². The van der Waals surface area contributed by atoms with Gasteiger partial charge in [0.2, 0.25) is 0 Å². The molecule has 0 saturated carbocycles. The Hall–Kier alpha value is -0.870. The van der Waals surface area contributed by atoms with E-state index in [0.29, 0.717) is 6.04 Å². The van der Waals surface area contributed by atoms with Gasteiger partial charge >= 0.3 is 0 Å². The number of ether oxygens (including phenoxy) is 1. The minimum absolute atomic E-state index is 0. The predicted molar refractivity (Wildman–Crippen MR) is 113 cm³/mol. The molecule has 0 aromatic carbocycles. The average molecular weight is 464 g/mol. The molecule has 1 unspecified atom stereocenters. The number of aliphatic imine (C=N–C) groups is 1. The normalized spacial score (nSPS) is 17.0. The summed E-state index contributed by atoms with van der Waals surface area (Å²) in [5.41, 5.74) is 1.28. The lowest BCUT2D eigenvalue weighted by atomic mass is 10.2. The number of hydrogen-bond acceptors (Lipinski definition) is 4. The Kier molecular flexibility index (Phi) is 11.1. The Morgan fingerprint density at radius 1 is 1.36 bits per heavy atom. The standard InChI is InChI=1S/C17H32N6O.HI/c1-4-18-17(19-7-5-6-16-13-21-22(3)14-16)20-12-15(2)23-8-10-24-11-9-23;/h13-15H,4-12H2,1-3H3,(H2,18,19,20);1H. The van der Waals surface area contributed by atoms with Crippen molar-refractivity contribution in [2.75, 3.05) is 45.9 Å². The Morgan fingerprint density at radius 2 is 2.12 bits per heavy atom. The number of aromatic nitrogens is 2. The van der Waals surface area contributed by atoms with Gasteiger partial charge in [-0.05, 0) is 32.3 Å². The van der Waals surface area contributed by atoms with Crippen LogP contribution in [0.25, 0.3) is 0 Å². The zero-order valence-corrected chi connectivity index (χ0v) is 18.0. The molecule has 1 aliphatic heterocycles. The van der Waals surface area contributed by atoms with Crippen molar-refractivity contribution in [1.82, 2.24) is 25.3 Å². The van der Waals surface area contributed by atoms with Gasteiger partial charge < -0.3 is 15.4 Å². The molecule has 2 rings (SSSR count). The summed E-state index contributed by atoms with van der Waals surface area (Å²) in [6, 6.07) is 0.444. The Morgan fingerprint density at radius 3 is 2.76 bits per heavy atom. The van der Waals surface area contributed by atoms with Crippen LogP contribution in [0.3, 0.4) is 0 Å². The number of nitrogens with zero attached hydrogens (tertiary/aromatic N) is 4. The molecule has 2 N–H and O–H groups in total. The molecule has 0 bridgehead atoms. The van der Waals surface area contributed by atoms with Crippen LogP contribution in [0.2, 0.25) is 0 Å². The highest BCUT2D eigenvalue weighted by Crippen LogP contribution is 2.04. The van der Waals surface area contributed by atoms with Gasteiger partial charge in [0.25, 0.3) is 0 Å². The molecule has 1 aliphatic rings. The largest absolute Gasteiger partial charge is 0.379 e. The first-order chi connectivity index (χ1) is 11.7. The van der Waals surface area contributed by atoms with Gasteiger partial charge in [-0.3, -0.25) is 14.6 Å². The topological polar surface area (TPSA) is 66.7 Å². The van der Waals surface area contributed by atoms with Gasteiger partial charge in [-0.1, -0.05) is 0 Å². The molecule has 0 aliphatic carbocycles. The summed E-state index contributed by atoms with van der Waals surface area (Å²) in [6.07, 6.45) is 6.10. The first-order valence-corrected chi connectivity index (χ1v) is 9.00. The highest BCUT2D eigenvalue weighted by Gasteiger charge is 2.16. The van der Waals surface area contributed by atoms with E-state index in [1.54, 1.807) is 0 Å². The van der Waals surface area contributed by atoms with Gasteiger partial charge in [-0.25, -0.2) is 0 Å². The Balaban J connectivity index is 0.00000312. The zero-order valence-electron chi connectivity index (χ0n) is 15.7. The number of aryl methyl sites for hydroxylation is 2. The first kappa shape index (κ1) is 22.2. The van der Waals surface area contributed by atoms with Crippen LogP contribution >= 0.6 is 24.0 Å². The second-order valence-corrected chi connectivity index (χ2v) is 6.27. The molecule has 1 saturated heterocycles. The van der Waals surface area contributed by atoms with Gasteiger partial charge in [0, 0.05) is 45.5 Å². The molecular formula is C17H33IN6O. The van der Waals surface area contributed by atoms with Crippen LogP contribution in [0.5, 0.6) is 0 Å². The molecule has 7 nitrogen and oxygen atoms in total. The fraction of sp³-hybridized carbons (Fsp3) is 0.765. The maximum atomic E-state index is 5.41. The minimum atomic E-state index is 0. The van der Waals surface area contributed by atoms with Crippen molar-refractivity contribution >= 4 is 29.9 Å². The van der Waals surface area contributed by atoms with E-state index in [0.717, 1.165) is 64.7 Å². The third-order valence-corrected chi connectivity index (χ3v) is 4.22. The summed E-state index contributed by atoms with van der Waals surface area (Å²) in [5, 5.41) is 10.9. The van der Waals surface area contributed by atoms with E-state index in [-0.39, 0.29) is 24.0 Å². The van der Waals surface area contributed by atoms with Crippen molar-refractivity contribution in [1.29, 1.82) is 0 Å². The summed E-state index contributed by atoms with van der Waals surface area (Å²) >= 11 is 0. The molecule has 25 heavy (non-hydrogen) atoms. The van der Waals surface area contributed by atoms with E-state index in [9.17, 15) is 0 Å². The minimum Gasteiger partial charge on any atom is -0.379 e. The predicted octanol–water partition coefficient (Wildman–Crippen LogP) is 1.25. The third kappa shape index (κ3) is 8.37. The van der Waals surface area contributed by atoms with Crippen molar-refractivity contribution in [3.05, 3.63) is 18.0 Å². The molecule has 1 aromatic heterocycles. The van der Waals surface area contributed by atoms with Gasteiger partial charge in [0.15, 0.2) is 5.96 Å². The lowest BCUT2D eigenvalue weighted by Gasteiger charge is -2.31. The van der Waals surface area contributed by atoms with Crippen molar-refractivity contribution in [3.8, 4) is 0 Å². The summed E-state index contributed by atoms with van der Waals surface area (Å²) in [4.78, 5) is 7.18. The van der Waals surface area contributed by atoms with Crippen molar-refractivity contribution in [2.45, 2.75) is 32.7 Å².